The summed E-state index contributed by atoms with van der Waals surface area (Å²) >= 11 is 0. The number of fused-ring (bicyclic) bond motifs is 1. The van der Waals surface area contributed by atoms with E-state index in [2.05, 4.69) is 11.4 Å². The number of anilines is 1. The number of nitrogens with zero attached hydrogens (tertiary/aromatic N) is 1. The number of morpholine rings is 1. The quantitative estimate of drug-likeness (QED) is 0.814. The van der Waals surface area contributed by atoms with Crippen LogP contribution >= 0.6 is 0 Å². The highest BCUT2D eigenvalue weighted by molar-refractivity contribution is 6.39. The molecule has 1 N–H and O–H groups in total. The van der Waals surface area contributed by atoms with Crippen LogP contribution in [0, 0.1) is 0 Å². The van der Waals surface area contributed by atoms with Gasteiger partial charge in [-0.3, -0.25) is 9.59 Å². The molecular weight excluding hydrogens is 352 g/mol. The lowest BCUT2D eigenvalue weighted by Gasteiger charge is -2.36. The van der Waals surface area contributed by atoms with Crippen LogP contribution in [0.15, 0.2) is 48.5 Å². The Balaban J connectivity index is 1.47. The van der Waals surface area contributed by atoms with Crippen LogP contribution in [0.4, 0.5) is 5.69 Å². The van der Waals surface area contributed by atoms with E-state index in [0.29, 0.717) is 13.1 Å². The Morgan fingerprint density at radius 3 is 2.61 bits per heavy atom. The molecule has 1 aliphatic heterocycles. The molecular formula is C23H26N2O3. The first kappa shape index (κ1) is 18.7. The molecule has 2 amide bonds. The van der Waals surface area contributed by atoms with Crippen LogP contribution in [0.5, 0.6) is 0 Å². The van der Waals surface area contributed by atoms with E-state index >= 15 is 0 Å². The van der Waals surface area contributed by atoms with Gasteiger partial charge in [-0.25, -0.2) is 0 Å². The van der Waals surface area contributed by atoms with Gasteiger partial charge in [0, 0.05) is 12.2 Å². The number of carbonyl (C=O) groups excluding carboxylic acids is 2. The molecule has 2 aromatic rings. The lowest BCUT2D eigenvalue weighted by Crippen LogP contribution is -2.49. The number of nitrogens with one attached hydrogen (secondary N) is 1. The Morgan fingerprint density at radius 1 is 1.00 bits per heavy atom. The smallest absolute Gasteiger partial charge is 0.313 e. The summed E-state index contributed by atoms with van der Waals surface area (Å²) in [5, 5.41) is 2.87. The van der Waals surface area contributed by atoms with Gasteiger partial charge in [0.1, 0.15) is 6.10 Å². The highest BCUT2D eigenvalue weighted by Crippen LogP contribution is 2.28. The predicted octanol–water partition coefficient (Wildman–Crippen LogP) is 3.49. The van der Waals surface area contributed by atoms with Crippen molar-refractivity contribution < 1.29 is 14.3 Å². The van der Waals surface area contributed by atoms with Gasteiger partial charge in [-0.05, 0) is 55.4 Å². The number of aryl methyl sites for hydroxylation is 1. The van der Waals surface area contributed by atoms with Gasteiger partial charge in [-0.2, -0.15) is 0 Å². The molecule has 2 aliphatic rings. The minimum atomic E-state index is -0.570. The van der Waals surface area contributed by atoms with Crippen molar-refractivity contribution >= 4 is 17.5 Å². The topological polar surface area (TPSA) is 58.6 Å². The molecule has 1 aliphatic carbocycles. The molecule has 146 valence electrons. The summed E-state index contributed by atoms with van der Waals surface area (Å²) in [6, 6.07) is 15.8. The molecule has 2 unspecified atom stereocenters. The van der Waals surface area contributed by atoms with Crippen LogP contribution in [0.25, 0.3) is 0 Å². The third-order valence-corrected chi connectivity index (χ3v) is 5.56. The fraction of sp³-hybridized carbons (Fsp3) is 0.391. The molecule has 5 heteroatoms. The Morgan fingerprint density at radius 2 is 1.79 bits per heavy atom. The zero-order valence-corrected chi connectivity index (χ0v) is 16.2. The van der Waals surface area contributed by atoms with Crippen LogP contribution in [-0.2, 0) is 27.2 Å². The first-order chi connectivity index (χ1) is 13.6. The number of hydrogen-bond acceptors (Lipinski definition) is 3. The van der Waals surface area contributed by atoms with Crippen LogP contribution in [-0.4, -0.2) is 35.9 Å². The lowest BCUT2D eigenvalue weighted by atomic mass is 9.90. The molecule has 0 bridgehead atoms. The second kappa shape index (κ2) is 8.15. The molecule has 0 saturated carbocycles. The monoisotopic (exact) mass is 378 g/mol. The number of carbonyl (C=O) groups is 2. The number of ether oxygens (including phenoxy) is 1. The summed E-state index contributed by atoms with van der Waals surface area (Å²) < 4.78 is 6.00. The number of amides is 2. The number of benzene rings is 2. The van der Waals surface area contributed by atoms with E-state index in [1.807, 2.05) is 49.4 Å². The number of rotatable bonds is 2. The van der Waals surface area contributed by atoms with Crippen molar-refractivity contribution in [3.8, 4) is 0 Å². The fourth-order valence-corrected chi connectivity index (χ4v) is 4.19. The van der Waals surface area contributed by atoms with Crippen molar-refractivity contribution in [2.45, 2.75) is 44.8 Å². The first-order valence-electron chi connectivity index (χ1n) is 10.0. The second-order valence-corrected chi connectivity index (χ2v) is 7.66. The van der Waals surface area contributed by atoms with E-state index in [1.54, 1.807) is 4.90 Å². The maximum Gasteiger partial charge on any atom is 0.313 e. The molecule has 0 aromatic heterocycles. The molecule has 5 nitrogen and oxygen atoms in total. The van der Waals surface area contributed by atoms with Crippen molar-refractivity contribution in [2.24, 2.45) is 0 Å². The molecule has 4 rings (SSSR count). The van der Waals surface area contributed by atoms with Crippen LogP contribution in [0.2, 0.25) is 0 Å². The zero-order valence-electron chi connectivity index (χ0n) is 16.2. The van der Waals surface area contributed by atoms with E-state index in [-0.39, 0.29) is 12.2 Å². The zero-order chi connectivity index (χ0) is 19.5. The fourth-order valence-electron chi connectivity index (χ4n) is 4.19. The highest BCUT2D eigenvalue weighted by Gasteiger charge is 2.32. The summed E-state index contributed by atoms with van der Waals surface area (Å²) in [7, 11) is 0. The van der Waals surface area contributed by atoms with Gasteiger partial charge in [-0.1, -0.05) is 42.5 Å². The Hall–Kier alpha value is -2.66. The summed E-state index contributed by atoms with van der Waals surface area (Å²) in [4.78, 5) is 27.2. The van der Waals surface area contributed by atoms with E-state index in [0.717, 1.165) is 30.5 Å². The molecule has 1 saturated heterocycles. The Labute approximate surface area is 165 Å². The van der Waals surface area contributed by atoms with Gasteiger partial charge >= 0.3 is 11.8 Å². The van der Waals surface area contributed by atoms with E-state index < -0.39 is 11.8 Å². The van der Waals surface area contributed by atoms with Crippen molar-refractivity contribution in [1.29, 1.82) is 0 Å². The standard InChI is InChI=1S/C23H26N2O3/c1-16-14-25(15-21(28-16)18-9-3-2-4-10-18)23(27)22(26)24-20-13-7-11-17-8-5-6-12-19(17)20/h2-4,7,9-11,13,16,21H,5-6,8,12,14-15H2,1H3,(H,24,26). The van der Waals surface area contributed by atoms with Gasteiger partial charge in [0.05, 0.1) is 12.6 Å². The minimum Gasteiger partial charge on any atom is -0.367 e. The lowest BCUT2D eigenvalue weighted by molar-refractivity contribution is -0.152. The summed E-state index contributed by atoms with van der Waals surface area (Å²) in [6.07, 6.45) is 3.94. The minimum absolute atomic E-state index is 0.125. The SMILES string of the molecule is CC1CN(C(=O)C(=O)Nc2cccc3c2CCCC3)CC(c2ccccc2)O1. The van der Waals surface area contributed by atoms with Gasteiger partial charge in [0.2, 0.25) is 0 Å². The number of hydrogen-bond donors (Lipinski definition) is 1. The summed E-state index contributed by atoms with van der Waals surface area (Å²) in [6.45, 7) is 2.73. The summed E-state index contributed by atoms with van der Waals surface area (Å²) in [5.74, 6) is -1.07. The van der Waals surface area contributed by atoms with Gasteiger partial charge < -0.3 is 15.0 Å². The van der Waals surface area contributed by atoms with E-state index in [4.69, 9.17) is 4.74 Å². The van der Waals surface area contributed by atoms with Gasteiger partial charge in [0.15, 0.2) is 0 Å². The first-order valence-corrected chi connectivity index (χ1v) is 10.0. The molecule has 2 atom stereocenters. The highest BCUT2D eigenvalue weighted by atomic mass is 16.5. The van der Waals surface area contributed by atoms with Crippen LogP contribution in [0.3, 0.4) is 0 Å². The van der Waals surface area contributed by atoms with Crippen LogP contribution in [0.1, 0.15) is 42.6 Å². The van der Waals surface area contributed by atoms with Gasteiger partial charge in [0.25, 0.3) is 0 Å². The van der Waals surface area contributed by atoms with Gasteiger partial charge in [-0.15, -0.1) is 0 Å². The maximum absolute atomic E-state index is 12.9. The van der Waals surface area contributed by atoms with Crippen molar-refractivity contribution in [3.05, 3.63) is 65.2 Å². The largest absolute Gasteiger partial charge is 0.367 e. The van der Waals surface area contributed by atoms with Crippen molar-refractivity contribution in [1.82, 2.24) is 4.90 Å². The predicted molar refractivity (Wildman–Crippen MR) is 108 cm³/mol. The molecule has 2 aromatic carbocycles. The molecule has 28 heavy (non-hydrogen) atoms. The third kappa shape index (κ3) is 3.94. The average Bonchev–Trinajstić information content (AvgIpc) is 2.73. The normalized spacial score (nSPS) is 21.7. The average molecular weight is 378 g/mol. The Kier molecular flexibility index (Phi) is 5.44. The molecule has 1 heterocycles. The third-order valence-electron chi connectivity index (χ3n) is 5.56. The molecule has 0 spiro atoms. The molecule has 0 radical (unpaired) electrons. The van der Waals surface area contributed by atoms with Crippen molar-refractivity contribution in [2.75, 3.05) is 18.4 Å². The second-order valence-electron chi connectivity index (χ2n) is 7.66. The summed E-state index contributed by atoms with van der Waals surface area (Å²) in [5.41, 5.74) is 4.24. The van der Waals surface area contributed by atoms with Crippen molar-refractivity contribution in [3.63, 3.8) is 0 Å². The van der Waals surface area contributed by atoms with E-state index in [1.165, 1.54) is 17.5 Å². The van der Waals surface area contributed by atoms with Crippen LogP contribution < -0.4 is 5.32 Å². The van der Waals surface area contributed by atoms with E-state index in [9.17, 15) is 9.59 Å². The maximum atomic E-state index is 12.9. The molecule has 1 fully saturated rings. The Bertz CT molecular complexity index is 865.